The van der Waals surface area contributed by atoms with Crippen molar-refractivity contribution in [3.8, 4) is 11.1 Å². The minimum absolute atomic E-state index is 0.00867. The van der Waals surface area contributed by atoms with E-state index in [9.17, 15) is 4.79 Å². The van der Waals surface area contributed by atoms with Gasteiger partial charge in [-0.05, 0) is 31.2 Å². The van der Waals surface area contributed by atoms with E-state index in [0.717, 1.165) is 38.6 Å². The van der Waals surface area contributed by atoms with E-state index in [1.807, 2.05) is 19.1 Å². The van der Waals surface area contributed by atoms with Gasteiger partial charge in [-0.2, -0.15) is 0 Å². The van der Waals surface area contributed by atoms with Gasteiger partial charge in [0.1, 0.15) is 23.7 Å². The van der Waals surface area contributed by atoms with Gasteiger partial charge in [0.05, 0.1) is 43.4 Å². The summed E-state index contributed by atoms with van der Waals surface area (Å²) in [5.74, 6) is -0.454. The number of carbonyl (C=O) groups excluding carboxylic acids is 1. The molecule has 0 spiro atoms. The van der Waals surface area contributed by atoms with Crippen molar-refractivity contribution in [1.82, 2.24) is 24.9 Å². The Morgan fingerprint density at radius 3 is 2.79 bits per heavy atom. The number of cyclic esters (lactones) is 1. The van der Waals surface area contributed by atoms with Crippen molar-refractivity contribution in [2.24, 2.45) is 5.16 Å². The van der Waals surface area contributed by atoms with E-state index in [1.165, 1.54) is 11.0 Å². The zero-order chi connectivity index (χ0) is 26.1. The summed E-state index contributed by atoms with van der Waals surface area (Å²) in [7, 11) is 0. The maximum atomic E-state index is 15.2. The van der Waals surface area contributed by atoms with Crippen molar-refractivity contribution in [3.63, 3.8) is 0 Å². The average molecular weight is 522 g/mol. The van der Waals surface area contributed by atoms with Gasteiger partial charge in [0.25, 0.3) is 0 Å². The highest BCUT2D eigenvalue weighted by Gasteiger charge is 2.37. The molecule has 0 saturated carbocycles. The molecule has 12 heteroatoms. The van der Waals surface area contributed by atoms with Crippen LogP contribution >= 0.6 is 0 Å². The summed E-state index contributed by atoms with van der Waals surface area (Å²) in [4.78, 5) is 26.4. The van der Waals surface area contributed by atoms with Crippen molar-refractivity contribution in [3.05, 3.63) is 60.4 Å². The lowest BCUT2D eigenvalue weighted by molar-refractivity contribution is -0.0000402. The van der Waals surface area contributed by atoms with Crippen LogP contribution in [0.15, 0.2) is 54.1 Å². The molecule has 6 rings (SSSR count). The average Bonchev–Trinajstić information content (AvgIpc) is 3.71. The fourth-order valence-electron chi connectivity index (χ4n) is 4.93. The Morgan fingerprint density at radius 2 is 2.05 bits per heavy atom. The number of hydrogen-bond donors (Lipinski definition) is 0. The number of rotatable bonds is 7. The molecule has 38 heavy (non-hydrogen) atoms. The molecule has 1 aromatic carbocycles. The van der Waals surface area contributed by atoms with E-state index in [2.05, 4.69) is 25.4 Å². The van der Waals surface area contributed by atoms with Gasteiger partial charge >= 0.3 is 6.09 Å². The van der Waals surface area contributed by atoms with Crippen LogP contribution in [0.2, 0.25) is 0 Å². The minimum atomic E-state index is -0.522. The van der Waals surface area contributed by atoms with Crippen molar-refractivity contribution in [1.29, 1.82) is 0 Å². The SMILES string of the molecule is CC([C@H]1CN(c2ccc(-c3ccc(C4=NO[C@H](CN5CCOCC5)C4)nc3)c(F)c2)C(=O)O1)n1ccnn1. The lowest BCUT2D eigenvalue weighted by atomic mass is 10.0. The monoisotopic (exact) mass is 521 g/mol. The van der Waals surface area contributed by atoms with Gasteiger partial charge in [-0.3, -0.25) is 14.8 Å². The van der Waals surface area contributed by atoms with Gasteiger partial charge in [-0.25, -0.2) is 13.9 Å². The molecule has 2 fully saturated rings. The number of benzene rings is 1. The summed E-state index contributed by atoms with van der Waals surface area (Å²) in [6.45, 7) is 6.26. The third-order valence-electron chi connectivity index (χ3n) is 7.16. The zero-order valence-electron chi connectivity index (χ0n) is 20.9. The first kappa shape index (κ1) is 24.4. The van der Waals surface area contributed by atoms with Gasteiger partial charge in [0.2, 0.25) is 0 Å². The lowest BCUT2D eigenvalue weighted by Gasteiger charge is -2.27. The molecule has 1 unspecified atom stereocenters. The summed E-state index contributed by atoms with van der Waals surface area (Å²) >= 11 is 0. The van der Waals surface area contributed by atoms with Crippen LogP contribution in [0.3, 0.4) is 0 Å². The van der Waals surface area contributed by atoms with Crippen molar-refractivity contribution >= 4 is 17.5 Å². The maximum Gasteiger partial charge on any atom is 0.414 e. The number of hydrogen-bond acceptors (Lipinski definition) is 9. The number of nitrogens with zero attached hydrogens (tertiary/aromatic N) is 7. The first-order valence-corrected chi connectivity index (χ1v) is 12.7. The Balaban J connectivity index is 1.10. The second-order valence-electron chi connectivity index (χ2n) is 9.64. The summed E-state index contributed by atoms with van der Waals surface area (Å²) in [6.07, 6.45) is 4.63. The van der Waals surface area contributed by atoms with Crippen LogP contribution in [0.5, 0.6) is 0 Å². The Hall–Kier alpha value is -3.90. The van der Waals surface area contributed by atoms with Crippen molar-refractivity contribution in [2.45, 2.75) is 31.6 Å². The van der Waals surface area contributed by atoms with E-state index in [4.69, 9.17) is 14.3 Å². The second-order valence-corrected chi connectivity index (χ2v) is 9.64. The summed E-state index contributed by atoms with van der Waals surface area (Å²) < 4.78 is 27.7. The number of aromatic nitrogens is 4. The standard InChI is InChI=1S/C26H28FN7O4/c1-17(34-7-6-29-31-34)25-16-33(26(35)37-25)19-3-4-21(22(27)12-19)18-2-5-23(28-14-18)24-13-20(38-30-24)15-32-8-10-36-11-9-32/h2-7,12,14,17,20,25H,8-11,13,15-16H2,1H3/t17?,20-,25+/m0/s1. The summed E-state index contributed by atoms with van der Waals surface area (Å²) in [5, 5.41) is 12.0. The Labute approximate surface area is 218 Å². The smallest absolute Gasteiger partial charge is 0.414 e. The summed E-state index contributed by atoms with van der Waals surface area (Å²) in [6, 6.07) is 8.15. The molecule has 11 nitrogen and oxygen atoms in total. The minimum Gasteiger partial charge on any atom is -0.442 e. The first-order valence-electron chi connectivity index (χ1n) is 12.7. The number of pyridine rings is 1. The van der Waals surface area contributed by atoms with Crippen LogP contribution in [-0.4, -0.2) is 88.3 Å². The topological polar surface area (TPSA) is 107 Å². The molecule has 3 aromatic rings. The van der Waals surface area contributed by atoms with Crippen LogP contribution in [0.1, 0.15) is 25.1 Å². The van der Waals surface area contributed by atoms with Crippen molar-refractivity contribution in [2.75, 3.05) is 44.3 Å². The van der Waals surface area contributed by atoms with Gasteiger partial charge in [-0.1, -0.05) is 16.4 Å². The van der Waals surface area contributed by atoms with Gasteiger partial charge in [-0.15, -0.1) is 5.10 Å². The van der Waals surface area contributed by atoms with Crippen LogP contribution in [0, 0.1) is 5.82 Å². The molecule has 0 aliphatic carbocycles. The first-order chi connectivity index (χ1) is 18.5. The fraction of sp³-hybridized carbons (Fsp3) is 0.423. The Kier molecular flexibility index (Phi) is 6.73. The Bertz CT molecular complexity index is 1310. The van der Waals surface area contributed by atoms with Crippen LogP contribution in [0.25, 0.3) is 11.1 Å². The predicted octanol–water partition coefficient (Wildman–Crippen LogP) is 2.89. The van der Waals surface area contributed by atoms with Crippen molar-refractivity contribution < 1.29 is 23.5 Å². The number of oxime groups is 1. The van der Waals surface area contributed by atoms with Gasteiger partial charge < -0.3 is 14.3 Å². The molecule has 3 aliphatic rings. The number of halogens is 1. The summed E-state index contributed by atoms with van der Waals surface area (Å²) in [5.41, 5.74) is 2.94. The molecule has 5 heterocycles. The zero-order valence-corrected chi connectivity index (χ0v) is 20.9. The van der Waals surface area contributed by atoms with Crippen LogP contribution in [0.4, 0.5) is 14.9 Å². The van der Waals surface area contributed by atoms with E-state index < -0.39 is 18.0 Å². The number of ether oxygens (including phenoxy) is 2. The molecular formula is C26H28FN7O4. The van der Waals surface area contributed by atoms with Gasteiger partial charge in [0, 0.05) is 49.6 Å². The highest BCUT2D eigenvalue weighted by molar-refractivity contribution is 5.99. The number of carbonyl (C=O) groups is 1. The quantitative estimate of drug-likeness (QED) is 0.467. The third kappa shape index (κ3) is 4.96. The highest BCUT2D eigenvalue weighted by Crippen LogP contribution is 2.31. The molecule has 2 saturated heterocycles. The Morgan fingerprint density at radius 1 is 1.18 bits per heavy atom. The molecule has 2 aromatic heterocycles. The number of morpholine rings is 1. The molecule has 3 aliphatic heterocycles. The molecule has 0 radical (unpaired) electrons. The number of amides is 1. The number of anilines is 1. The van der Waals surface area contributed by atoms with Gasteiger partial charge in [0.15, 0.2) is 0 Å². The molecule has 1 amide bonds. The van der Waals surface area contributed by atoms with E-state index >= 15 is 4.39 Å². The van der Waals surface area contributed by atoms with Crippen LogP contribution in [-0.2, 0) is 14.3 Å². The van der Waals surface area contributed by atoms with E-state index in [0.29, 0.717) is 28.9 Å². The molecule has 0 bridgehead atoms. The third-order valence-corrected chi connectivity index (χ3v) is 7.16. The lowest BCUT2D eigenvalue weighted by Crippen LogP contribution is -2.41. The highest BCUT2D eigenvalue weighted by atomic mass is 19.1. The van der Waals surface area contributed by atoms with Crippen LogP contribution < -0.4 is 4.90 Å². The molecule has 198 valence electrons. The normalized spacial score (nSPS) is 22.7. The predicted molar refractivity (Wildman–Crippen MR) is 135 cm³/mol. The maximum absolute atomic E-state index is 15.2. The van der Waals surface area contributed by atoms with E-state index in [-0.39, 0.29) is 18.7 Å². The molecular weight excluding hydrogens is 493 g/mol. The molecule has 3 atom stereocenters. The largest absolute Gasteiger partial charge is 0.442 e. The van der Waals surface area contributed by atoms with E-state index in [1.54, 1.807) is 35.4 Å². The molecule has 0 N–H and O–H groups in total. The fourth-order valence-corrected chi connectivity index (χ4v) is 4.93. The second kappa shape index (κ2) is 10.5.